The Balaban J connectivity index is 1.65. The zero-order valence-electron chi connectivity index (χ0n) is 12.7. The van der Waals surface area contributed by atoms with Crippen LogP contribution in [0.1, 0.15) is 17.5 Å². The van der Waals surface area contributed by atoms with E-state index in [0.717, 1.165) is 25.9 Å². The van der Waals surface area contributed by atoms with E-state index < -0.39 is 0 Å². The zero-order chi connectivity index (χ0) is 15.0. The highest BCUT2D eigenvalue weighted by molar-refractivity contribution is 5.24. The summed E-state index contributed by atoms with van der Waals surface area (Å²) in [6.45, 7) is 0.813. The maximum Gasteiger partial charge on any atom is 0.0890 e. The van der Waals surface area contributed by atoms with E-state index >= 15 is 0 Å². The molecular weight excluding hydrogens is 272 g/mol. The van der Waals surface area contributed by atoms with Crippen LogP contribution in [0.25, 0.3) is 0 Å². The molecule has 22 heavy (non-hydrogen) atoms. The highest BCUT2D eigenvalue weighted by Gasteiger charge is 2.57. The summed E-state index contributed by atoms with van der Waals surface area (Å²) in [5, 5.41) is 10.9. The average Bonchev–Trinajstić information content (AvgIpc) is 2.69. The molecule has 2 fully saturated rings. The van der Waals surface area contributed by atoms with Crippen LogP contribution in [0.3, 0.4) is 0 Å². The Labute approximate surface area is 131 Å². The molecule has 1 aliphatic carbocycles. The Morgan fingerprint density at radius 3 is 1.82 bits per heavy atom. The van der Waals surface area contributed by atoms with Crippen molar-refractivity contribution in [3.05, 3.63) is 71.8 Å². The quantitative estimate of drug-likeness (QED) is 0.938. The van der Waals surface area contributed by atoms with Gasteiger partial charge in [0.15, 0.2) is 0 Å². The van der Waals surface area contributed by atoms with Gasteiger partial charge in [-0.2, -0.15) is 0 Å². The van der Waals surface area contributed by atoms with E-state index in [1.807, 2.05) is 12.1 Å². The van der Waals surface area contributed by atoms with Crippen molar-refractivity contribution in [2.24, 2.45) is 11.3 Å². The molecule has 1 N–H and O–H groups in total. The van der Waals surface area contributed by atoms with Crippen LogP contribution in [0, 0.1) is 11.3 Å². The molecule has 1 heterocycles. The molecule has 0 amide bonds. The van der Waals surface area contributed by atoms with Crippen molar-refractivity contribution in [3.63, 3.8) is 0 Å². The van der Waals surface area contributed by atoms with Crippen LogP contribution in [-0.2, 0) is 17.6 Å². The fraction of sp³-hybridized carbons (Fsp3) is 0.400. The second-order valence-electron chi connectivity index (χ2n) is 6.89. The Kier molecular flexibility index (Phi) is 3.51. The van der Waals surface area contributed by atoms with Crippen LogP contribution in [0.15, 0.2) is 60.7 Å². The first-order valence-corrected chi connectivity index (χ1v) is 8.14. The minimum Gasteiger partial charge on any atom is -0.390 e. The lowest BCUT2D eigenvalue weighted by atomic mass is 9.73. The molecule has 2 aromatic carbocycles. The van der Waals surface area contributed by atoms with Gasteiger partial charge in [0.2, 0.25) is 0 Å². The third-order valence-electron chi connectivity index (χ3n) is 5.37. The predicted molar refractivity (Wildman–Crippen MR) is 86.6 cm³/mol. The number of fused-ring (bicyclic) bond motifs is 1. The summed E-state index contributed by atoms with van der Waals surface area (Å²) in [6, 6.07) is 21.1. The lowest BCUT2D eigenvalue weighted by molar-refractivity contribution is -0.144. The molecule has 4 rings (SSSR count). The number of hydrogen-bond acceptors (Lipinski definition) is 2. The molecule has 2 aliphatic rings. The first-order chi connectivity index (χ1) is 10.8. The van der Waals surface area contributed by atoms with Crippen LogP contribution in [0.5, 0.6) is 0 Å². The molecule has 0 spiro atoms. The molecule has 0 radical (unpaired) electrons. The Hall–Kier alpha value is -1.64. The summed E-state index contributed by atoms with van der Waals surface area (Å²) < 4.78 is 5.65. The molecule has 0 bridgehead atoms. The number of aliphatic hydroxyl groups is 1. The predicted octanol–water partition coefficient (Wildman–Crippen LogP) is 3.24. The lowest BCUT2D eigenvalue weighted by Crippen LogP contribution is -2.45. The highest BCUT2D eigenvalue weighted by atomic mass is 16.5. The number of aliphatic hydroxyl groups excluding tert-OH is 1. The topological polar surface area (TPSA) is 29.5 Å². The van der Waals surface area contributed by atoms with E-state index in [2.05, 4.69) is 48.5 Å². The summed E-state index contributed by atoms with van der Waals surface area (Å²) in [4.78, 5) is 0. The molecule has 0 aromatic heterocycles. The fourth-order valence-corrected chi connectivity index (χ4v) is 4.28. The van der Waals surface area contributed by atoms with Gasteiger partial charge in [0.05, 0.1) is 18.8 Å². The van der Waals surface area contributed by atoms with Crippen LogP contribution in [0.2, 0.25) is 0 Å². The number of rotatable bonds is 4. The Morgan fingerprint density at radius 1 is 0.909 bits per heavy atom. The van der Waals surface area contributed by atoms with Gasteiger partial charge in [-0.1, -0.05) is 60.7 Å². The zero-order valence-corrected chi connectivity index (χ0v) is 12.7. The first-order valence-electron chi connectivity index (χ1n) is 8.14. The molecule has 2 heteroatoms. The van der Waals surface area contributed by atoms with Gasteiger partial charge in [0.25, 0.3) is 0 Å². The van der Waals surface area contributed by atoms with Crippen molar-refractivity contribution >= 4 is 0 Å². The summed E-state index contributed by atoms with van der Waals surface area (Å²) in [6.07, 6.45) is 2.57. The summed E-state index contributed by atoms with van der Waals surface area (Å²) in [5.74, 6) is 0.530. The number of ether oxygens (including phenoxy) is 1. The molecule has 1 unspecified atom stereocenters. The van der Waals surface area contributed by atoms with E-state index in [-0.39, 0.29) is 17.6 Å². The molecule has 2 aromatic rings. The minimum absolute atomic E-state index is 0.0485. The molecule has 3 atom stereocenters. The van der Waals surface area contributed by atoms with Gasteiger partial charge in [-0.15, -0.1) is 0 Å². The van der Waals surface area contributed by atoms with Crippen molar-refractivity contribution in [2.75, 3.05) is 6.61 Å². The van der Waals surface area contributed by atoms with Crippen molar-refractivity contribution in [2.45, 2.75) is 31.5 Å². The second kappa shape index (κ2) is 5.53. The SMILES string of the molecule is O[C@@H]1[C@@H]2OCC2CC1(Cc1ccccc1)Cc1ccccc1. The van der Waals surface area contributed by atoms with Crippen molar-refractivity contribution in [3.8, 4) is 0 Å². The largest absolute Gasteiger partial charge is 0.390 e. The Morgan fingerprint density at radius 2 is 1.45 bits per heavy atom. The molecule has 1 aliphatic heterocycles. The third-order valence-corrected chi connectivity index (χ3v) is 5.37. The minimum atomic E-state index is -0.369. The van der Waals surface area contributed by atoms with Gasteiger partial charge in [-0.05, 0) is 30.4 Å². The highest BCUT2D eigenvalue weighted by Crippen LogP contribution is 2.51. The van der Waals surface area contributed by atoms with E-state index in [1.165, 1.54) is 11.1 Å². The maximum absolute atomic E-state index is 10.9. The third kappa shape index (κ3) is 2.37. The average molecular weight is 294 g/mol. The normalized spacial score (nSPS) is 28.9. The smallest absolute Gasteiger partial charge is 0.0890 e. The number of hydrogen-bond donors (Lipinski definition) is 1. The molecular formula is C20H22O2. The Bertz CT molecular complexity index is 581. The van der Waals surface area contributed by atoms with Crippen LogP contribution in [0.4, 0.5) is 0 Å². The second-order valence-corrected chi connectivity index (χ2v) is 6.89. The van der Waals surface area contributed by atoms with Crippen LogP contribution >= 0.6 is 0 Å². The summed E-state index contributed by atoms with van der Waals surface area (Å²) in [7, 11) is 0. The molecule has 1 saturated heterocycles. The van der Waals surface area contributed by atoms with Crippen molar-refractivity contribution in [1.29, 1.82) is 0 Å². The van der Waals surface area contributed by atoms with E-state index in [0.29, 0.717) is 5.92 Å². The standard InChI is InChI=1S/C20H22O2/c21-19-18-17(14-22-18)13-20(19,11-15-7-3-1-4-8-15)12-16-9-5-2-6-10-16/h1-10,17-19,21H,11-14H2/t17?,18-,19-/m1/s1. The number of benzene rings is 2. The van der Waals surface area contributed by atoms with Crippen molar-refractivity contribution in [1.82, 2.24) is 0 Å². The molecule has 114 valence electrons. The maximum atomic E-state index is 10.9. The first kappa shape index (κ1) is 14.0. The van der Waals surface area contributed by atoms with Gasteiger partial charge in [-0.3, -0.25) is 0 Å². The van der Waals surface area contributed by atoms with Crippen molar-refractivity contribution < 1.29 is 9.84 Å². The molecule has 2 nitrogen and oxygen atoms in total. The van der Waals surface area contributed by atoms with Crippen LogP contribution < -0.4 is 0 Å². The monoisotopic (exact) mass is 294 g/mol. The van der Waals surface area contributed by atoms with E-state index in [4.69, 9.17) is 4.74 Å². The van der Waals surface area contributed by atoms with E-state index in [1.54, 1.807) is 0 Å². The van der Waals surface area contributed by atoms with E-state index in [9.17, 15) is 5.11 Å². The summed E-state index contributed by atoms with van der Waals surface area (Å²) in [5.41, 5.74) is 2.51. The lowest BCUT2D eigenvalue weighted by Gasteiger charge is -2.35. The van der Waals surface area contributed by atoms with Gasteiger partial charge in [0, 0.05) is 11.3 Å². The summed E-state index contributed by atoms with van der Waals surface area (Å²) >= 11 is 0. The fourth-order valence-electron chi connectivity index (χ4n) is 4.28. The van der Waals surface area contributed by atoms with Gasteiger partial charge < -0.3 is 9.84 Å². The van der Waals surface area contributed by atoms with Gasteiger partial charge >= 0.3 is 0 Å². The van der Waals surface area contributed by atoms with Crippen LogP contribution in [-0.4, -0.2) is 23.9 Å². The molecule has 1 saturated carbocycles. The van der Waals surface area contributed by atoms with Gasteiger partial charge in [0.1, 0.15) is 0 Å². The van der Waals surface area contributed by atoms with Gasteiger partial charge in [-0.25, -0.2) is 0 Å².